The standard InChI is InChI=1S/C17H18N6OS3/c1-9(2)7-23-17(20-21-22-23)27-10(3)14-18-15(24)13-11(8-26-16(13)19-14)12-5-4-6-25-12/h4-6,8-10H,7H2,1-3H3,(H,18,19,24). The third-order valence-electron chi connectivity index (χ3n) is 3.95. The molecule has 0 fully saturated rings. The Hall–Kier alpha value is -2.04. The van der Waals surface area contributed by atoms with E-state index in [1.165, 1.54) is 23.1 Å². The predicted octanol–water partition coefficient (Wildman–Crippen LogP) is 4.21. The van der Waals surface area contributed by atoms with Gasteiger partial charge in [0.25, 0.3) is 5.56 Å². The van der Waals surface area contributed by atoms with Gasteiger partial charge in [0.05, 0.1) is 10.6 Å². The number of hydrogen-bond donors (Lipinski definition) is 1. The van der Waals surface area contributed by atoms with Crippen LogP contribution in [0.25, 0.3) is 20.7 Å². The molecule has 0 radical (unpaired) electrons. The van der Waals surface area contributed by atoms with Crippen LogP contribution < -0.4 is 5.56 Å². The summed E-state index contributed by atoms with van der Waals surface area (Å²) < 4.78 is 1.79. The fourth-order valence-corrected chi connectivity index (χ4v) is 5.35. The molecule has 0 aliphatic carbocycles. The number of aromatic nitrogens is 6. The molecule has 0 aliphatic heterocycles. The van der Waals surface area contributed by atoms with Gasteiger partial charge < -0.3 is 4.98 Å². The van der Waals surface area contributed by atoms with Gasteiger partial charge in [-0.15, -0.1) is 27.8 Å². The van der Waals surface area contributed by atoms with Crippen molar-refractivity contribution in [3.63, 3.8) is 0 Å². The van der Waals surface area contributed by atoms with E-state index in [1.54, 1.807) is 16.0 Å². The second kappa shape index (κ2) is 7.53. The van der Waals surface area contributed by atoms with Crippen molar-refractivity contribution in [1.82, 2.24) is 30.2 Å². The minimum atomic E-state index is -0.103. The van der Waals surface area contributed by atoms with Crippen LogP contribution in [0, 0.1) is 5.92 Å². The summed E-state index contributed by atoms with van der Waals surface area (Å²) in [5.41, 5.74) is 0.848. The molecular weight excluding hydrogens is 400 g/mol. The summed E-state index contributed by atoms with van der Waals surface area (Å²) >= 11 is 4.61. The van der Waals surface area contributed by atoms with Crippen LogP contribution in [0.3, 0.4) is 0 Å². The fraction of sp³-hybridized carbons (Fsp3) is 0.353. The monoisotopic (exact) mass is 418 g/mol. The SMILES string of the molecule is CC(C)Cn1nnnc1SC(C)c1nc2scc(-c3cccs3)c2c(=O)[nH]1. The van der Waals surface area contributed by atoms with Crippen molar-refractivity contribution in [2.75, 3.05) is 0 Å². The molecular formula is C17H18N6OS3. The van der Waals surface area contributed by atoms with Crippen molar-refractivity contribution >= 4 is 44.7 Å². The summed E-state index contributed by atoms with van der Waals surface area (Å²) in [4.78, 5) is 22.3. The van der Waals surface area contributed by atoms with E-state index in [-0.39, 0.29) is 10.8 Å². The van der Waals surface area contributed by atoms with E-state index in [0.717, 1.165) is 27.0 Å². The molecule has 140 valence electrons. The number of thioether (sulfide) groups is 1. The van der Waals surface area contributed by atoms with Crippen LogP contribution in [0.15, 0.2) is 32.8 Å². The first-order chi connectivity index (χ1) is 13.0. The zero-order chi connectivity index (χ0) is 19.0. The fourth-order valence-electron chi connectivity index (χ4n) is 2.73. The van der Waals surface area contributed by atoms with E-state index >= 15 is 0 Å². The van der Waals surface area contributed by atoms with Crippen molar-refractivity contribution in [2.24, 2.45) is 5.92 Å². The van der Waals surface area contributed by atoms with Gasteiger partial charge in [0, 0.05) is 22.4 Å². The van der Waals surface area contributed by atoms with Crippen LogP contribution >= 0.6 is 34.4 Å². The Kier molecular flexibility index (Phi) is 5.11. The van der Waals surface area contributed by atoms with Crippen molar-refractivity contribution in [2.45, 2.75) is 37.7 Å². The number of nitrogens with one attached hydrogen (secondary N) is 1. The number of H-pyrrole nitrogens is 1. The molecule has 1 N–H and O–H groups in total. The molecule has 7 nitrogen and oxygen atoms in total. The van der Waals surface area contributed by atoms with Crippen LogP contribution in [0.5, 0.6) is 0 Å². The third kappa shape index (κ3) is 3.69. The second-order valence-corrected chi connectivity index (χ2v) is 9.67. The van der Waals surface area contributed by atoms with Crippen molar-refractivity contribution < 1.29 is 0 Å². The summed E-state index contributed by atoms with van der Waals surface area (Å²) in [5.74, 6) is 1.08. The molecule has 0 bridgehead atoms. The molecule has 0 saturated carbocycles. The van der Waals surface area contributed by atoms with Gasteiger partial charge >= 0.3 is 0 Å². The zero-order valence-electron chi connectivity index (χ0n) is 15.0. The van der Waals surface area contributed by atoms with Gasteiger partial charge in [-0.05, 0) is 34.7 Å². The van der Waals surface area contributed by atoms with Crippen LogP contribution in [0.1, 0.15) is 31.8 Å². The average molecular weight is 419 g/mol. The molecule has 0 saturated heterocycles. The lowest BCUT2D eigenvalue weighted by Crippen LogP contribution is -2.13. The van der Waals surface area contributed by atoms with Crippen molar-refractivity contribution in [3.8, 4) is 10.4 Å². The Morgan fingerprint density at radius 1 is 1.30 bits per heavy atom. The zero-order valence-corrected chi connectivity index (χ0v) is 17.5. The van der Waals surface area contributed by atoms with Gasteiger partial charge in [-0.3, -0.25) is 4.79 Å². The van der Waals surface area contributed by atoms with E-state index in [1.807, 2.05) is 29.8 Å². The van der Waals surface area contributed by atoms with Crippen molar-refractivity contribution in [1.29, 1.82) is 0 Å². The highest BCUT2D eigenvalue weighted by Crippen LogP contribution is 2.36. The van der Waals surface area contributed by atoms with Crippen LogP contribution in [-0.4, -0.2) is 30.2 Å². The highest BCUT2D eigenvalue weighted by atomic mass is 32.2. The smallest absolute Gasteiger partial charge is 0.260 e. The lowest BCUT2D eigenvalue weighted by atomic mass is 10.2. The molecule has 4 aromatic rings. The Morgan fingerprint density at radius 3 is 2.89 bits per heavy atom. The van der Waals surface area contributed by atoms with Gasteiger partial charge in [0.1, 0.15) is 10.7 Å². The number of aromatic amines is 1. The predicted molar refractivity (Wildman–Crippen MR) is 110 cm³/mol. The lowest BCUT2D eigenvalue weighted by molar-refractivity contribution is 0.445. The minimum Gasteiger partial charge on any atom is -0.309 e. The molecule has 10 heteroatoms. The van der Waals surface area contributed by atoms with Crippen molar-refractivity contribution in [3.05, 3.63) is 39.1 Å². The minimum absolute atomic E-state index is 0.0775. The van der Waals surface area contributed by atoms with E-state index < -0.39 is 0 Å². The molecule has 0 aromatic carbocycles. The maximum absolute atomic E-state index is 12.8. The third-order valence-corrected chi connectivity index (χ3v) is 6.81. The van der Waals surface area contributed by atoms with E-state index in [2.05, 4.69) is 34.4 Å². The van der Waals surface area contributed by atoms with Gasteiger partial charge in [-0.1, -0.05) is 31.7 Å². The quantitative estimate of drug-likeness (QED) is 0.472. The summed E-state index contributed by atoms with van der Waals surface area (Å²) in [5, 5.41) is 17.2. The topological polar surface area (TPSA) is 89.3 Å². The van der Waals surface area contributed by atoms with Gasteiger partial charge in [-0.25, -0.2) is 9.67 Å². The molecule has 1 atom stereocenters. The second-order valence-electron chi connectivity index (χ2n) is 6.56. The molecule has 4 heterocycles. The number of tetrazole rings is 1. The van der Waals surface area contributed by atoms with Gasteiger partial charge in [0.2, 0.25) is 5.16 Å². The summed E-state index contributed by atoms with van der Waals surface area (Å²) in [6, 6.07) is 4.01. The summed E-state index contributed by atoms with van der Waals surface area (Å²) in [7, 11) is 0. The largest absolute Gasteiger partial charge is 0.309 e. The van der Waals surface area contributed by atoms with Crippen LogP contribution in [0.2, 0.25) is 0 Å². The van der Waals surface area contributed by atoms with Gasteiger partial charge in [-0.2, -0.15) is 0 Å². The first-order valence-corrected chi connectivity index (χ1v) is 11.1. The Balaban J connectivity index is 1.65. The molecule has 4 aromatic heterocycles. The van der Waals surface area contributed by atoms with Crippen LogP contribution in [-0.2, 0) is 6.54 Å². The molecule has 0 spiro atoms. The molecule has 0 amide bonds. The maximum atomic E-state index is 12.8. The molecule has 1 unspecified atom stereocenters. The Labute approximate surface area is 167 Å². The highest BCUT2D eigenvalue weighted by molar-refractivity contribution is 7.99. The molecule has 4 rings (SSSR count). The normalized spacial score (nSPS) is 12.9. The number of nitrogens with zero attached hydrogens (tertiary/aromatic N) is 5. The molecule has 0 aliphatic rings. The summed E-state index contributed by atoms with van der Waals surface area (Å²) in [6.45, 7) is 6.99. The van der Waals surface area contributed by atoms with E-state index in [0.29, 0.717) is 17.1 Å². The number of hydrogen-bond acceptors (Lipinski definition) is 8. The first kappa shape index (κ1) is 18.3. The first-order valence-electron chi connectivity index (χ1n) is 8.51. The maximum Gasteiger partial charge on any atom is 0.260 e. The lowest BCUT2D eigenvalue weighted by Gasteiger charge is -2.11. The van der Waals surface area contributed by atoms with E-state index in [9.17, 15) is 4.79 Å². The summed E-state index contributed by atoms with van der Waals surface area (Å²) in [6.07, 6.45) is 0. The van der Waals surface area contributed by atoms with Gasteiger partial charge in [0.15, 0.2) is 0 Å². The number of fused-ring (bicyclic) bond motifs is 1. The Morgan fingerprint density at radius 2 is 2.15 bits per heavy atom. The number of rotatable bonds is 6. The highest BCUT2D eigenvalue weighted by Gasteiger charge is 2.19. The molecule has 27 heavy (non-hydrogen) atoms. The average Bonchev–Trinajstić information content (AvgIpc) is 3.34. The van der Waals surface area contributed by atoms with Crippen LogP contribution in [0.4, 0.5) is 0 Å². The number of thiophene rings is 2. The Bertz CT molecular complexity index is 1110. The van der Waals surface area contributed by atoms with E-state index in [4.69, 9.17) is 4.98 Å².